The maximum Gasteiger partial charge on any atom is 0.230 e. The van der Waals surface area contributed by atoms with E-state index in [-0.39, 0.29) is 22.4 Å². The fourth-order valence-electron chi connectivity index (χ4n) is 1.42. The summed E-state index contributed by atoms with van der Waals surface area (Å²) in [6, 6.07) is 5.78. The fourth-order valence-corrected chi connectivity index (χ4v) is 2.06. The van der Waals surface area contributed by atoms with Gasteiger partial charge in [-0.1, -0.05) is 17.8 Å². The lowest BCUT2D eigenvalue weighted by Crippen LogP contribution is -2.41. The van der Waals surface area contributed by atoms with Crippen molar-refractivity contribution in [3.63, 3.8) is 0 Å². The van der Waals surface area contributed by atoms with Crippen LogP contribution in [-0.4, -0.2) is 22.4 Å². The van der Waals surface area contributed by atoms with Crippen molar-refractivity contribution in [3.8, 4) is 6.19 Å². The van der Waals surface area contributed by atoms with Crippen molar-refractivity contribution in [2.75, 3.05) is 11.1 Å². The van der Waals surface area contributed by atoms with Gasteiger partial charge in [0.1, 0.15) is 5.82 Å². The number of halogens is 1. The molecule has 1 aromatic rings. The van der Waals surface area contributed by atoms with Crippen molar-refractivity contribution in [2.24, 2.45) is 4.99 Å². The van der Waals surface area contributed by atoms with Gasteiger partial charge in [-0.2, -0.15) is 5.26 Å². The van der Waals surface area contributed by atoms with E-state index >= 15 is 0 Å². The molecule has 0 fully saturated rings. The lowest BCUT2D eigenvalue weighted by molar-refractivity contribution is -0.119. The monoisotopic (exact) mass is 308 g/mol. The van der Waals surface area contributed by atoms with Crippen molar-refractivity contribution in [1.82, 2.24) is 5.32 Å². The number of nitrogens with one attached hydrogen (secondary N) is 2. The van der Waals surface area contributed by atoms with E-state index in [0.29, 0.717) is 5.69 Å². The number of rotatable bonds is 3. The number of nitrogens with zero attached hydrogens (tertiary/aromatic N) is 2. The second-order valence-electron chi connectivity index (χ2n) is 5.24. The predicted molar refractivity (Wildman–Crippen MR) is 83.4 cm³/mol. The fraction of sp³-hybridized carbons (Fsp3) is 0.357. The van der Waals surface area contributed by atoms with Gasteiger partial charge < -0.3 is 10.6 Å². The zero-order valence-electron chi connectivity index (χ0n) is 12.1. The normalized spacial score (nSPS) is 11.7. The summed E-state index contributed by atoms with van der Waals surface area (Å²) in [5.41, 5.74) is 0.146. The summed E-state index contributed by atoms with van der Waals surface area (Å²) >= 11 is 1.08. The first kappa shape index (κ1) is 17.0. The Kier molecular flexibility index (Phi) is 6.18. The predicted octanol–water partition coefficient (Wildman–Crippen LogP) is 2.72. The Bertz CT molecular complexity index is 575. The number of amidine groups is 1. The number of thioether (sulfide) groups is 1. The van der Waals surface area contributed by atoms with E-state index in [9.17, 15) is 9.18 Å². The van der Waals surface area contributed by atoms with E-state index in [1.807, 2.05) is 20.8 Å². The number of hydrogen-bond acceptors (Lipinski definition) is 4. The van der Waals surface area contributed by atoms with E-state index in [1.165, 1.54) is 12.1 Å². The molecule has 0 saturated heterocycles. The third-order valence-corrected chi connectivity index (χ3v) is 2.96. The maximum atomic E-state index is 13.1. The molecule has 0 heterocycles. The number of nitriles is 1. The van der Waals surface area contributed by atoms with Crippen LogP contribution in [0.3, 0.4) is 0 Å². The van der Waals surface area contributed by atoms with Gasteiger partial charge in [0.2, 0.25) is 12.1 Å². The van der Waals surface area contributed by atoms with Gasteiger partial charge >= 0.3 is 0 Å². The minimum atomic E-state index is -0.396. The number of benzene rings is 1. The first-order chi connectivity index (χ1) is 9.80. The molecule has 0 unspecified atom stereocenters. The summed E-state index contributed by atoms with van der Waals surface area (Å²) in [4.78, 5) is 15.3. The van der Waals surface area contributed by atoms with Crippen LogP contribution in [0.5, 0.6) is 0 Å². The molecule has 112 valence electrons. The number of carbonyl (C=O) groups excluding carboxylic acids is 1. The Morgan fingerprint density at radius 3 is 2.76 bits per heavy atom. The molecule has 7 heteroatoms. The highest BCUT2D eigenvalue weighted by atomic mass is 32.2. The van der Waals surface area contributed by atoms with Crippen LogP contribution in [0.25, 0.3) is 0 Å². The van der Waals surface area contributed by atoms with Gasteiger partial charge in [0.15, 0.2) is 5.17 Å². The molecule has 2 N–H and O–H groups in total. The maximum absolute atomic E-state index is 13.1. The zero-order chi connectivity index (χ0) is 15.9. The third-order valence-electron chi connectivity index (χ3n) is 2.08. The zero-order valence-corrected chi connectivity index (χ0v) is 12.9. The molecule has 0 saturated carbocycles. The Hall–Kier alpha value is -2.07. The third kappa shape index (κ3) is 7.32. The van der Waals surface area contributed by atoms with E-state index in [0.717, 1.165) is 11.8 Å². The number of carbonyl (C=O) groups is 1. The smallest absolute Gasteiger partial charge is 0.230 e. The van der Waals surface area contributed by atoms with Crippen molar-refractivity contribution < 1.29 is 9.18 Å². The highest BCUT2D eigenvalue weighted by Gasteiger charge is 2.14. The van der Waals surface area contributed by atoms with Crippen LogP contribution in [0.4, 0.5) is 10.1 Å². The number of anilines is 1. The summed E-state index contributed by atoms with van der Waals surface area (Å²) in [7, 11) is 0. The number of amides is 1. The van der Waals surface area contributed by atoms with Crippen LogP contribution in [0.15, 0.2) is 29.3 Å². The molecule has 21 heavy (non-hydrogen) atoms. The average Bonchev–Trinajstić information content (AvgIpc) is 2.34. The quantitative estimate of drug-likeness (QED) is 0.511. The van der Waals surface area contributed by atoms with E-state index in [4.69, 9.17) is 5.26 Å². The molecular formula is C14H17FN4OS. The Labute approximate surface area is 127 Å². The minimum absolute atomic E-state index is 0.111. The number of aliphatic imine (C=N–C) groups is 1. The molecule has 0 aliphatic carbocycles. The minimum Gasteiger partial charge on any atom is -0.351 e. The topological polar surface area (TPSA) is 77.3 Å². The molecule has 0 atom stereocenters. The first-order valence-electron chi connectivity index (χ1n) is 6.23. The van der Waals surface area contributed by atoms with Gasteiger partial charge in [-0.25, -0.2) is 4.39 Å². The molecule has 1 amide bonds. The van der Waals surface area contributed by atoms with E-state index < -0.39 is 5.82 Å². The SMILES string of the molecule is CC(C)(C)NC(=O)CS/C(=N\C#N)Nc1cccc(F)c1. The van der Waals surface area contributed by atoms with Gasteiger partial charge in [0, 0.05) is 11.2 Å². The number of hydrogen-bond donors (Lipinski definition) is 2. The highest BCUT2D eigenvalue weighted by molar-refractivity contribution is 8.14. The van der Waals surface area contributed by atoms with Gasteiger partial charge in [0.25, 0.3) is 0 Å². The highest BCUT2D eigenvalue weighted by Crippen LogP contribution is 2.13. The van der Waals surface area contributed by atoms with Crippen molar-refractivity contribution in [1.29, 1.82) is 5.26 Å². The van der Waals surface area contributed by atoms with Crippen molar-refractivity contribution in [2.45, 2.75) is 26.3 Å². The Morgan fingerprint density at radius 1 is 1.48 bits per heavy atom. The van der Waals surface area contributed by atoms with Crippen LogP contribution in [0.1, 0.15) is 20.8 Å². The van der Waals surface area contributed by atoms with E-state index in [1.54, 1.807) is 18.3 Å². The largest absolute Gasteiger partial charge is 0.351 e. The van der Waals surface area contributed by atoms with Crippen LogP contribution < -0.4 is 10.6 Å². The molecule has 5 nitrogen and oxygen atoms in total. The van der Waals surface area contributed by atoms with Gasteiger partial charge in [-0.3, -0.25) is 4.79 Å². The van der Waals surface area contributed by atoms with Crippen LogP contribution >= 0.6 is 11.8 Å². The molecule has 0 bridgehead atoms. The first-order valence-corrected chi connectivity index (χ1v) is 7.22. The summed E-state index contributed by atoms with van der Waals surface area (Å²) < 4.78 is 13.1. The molecule has 0 aliphatic heterocycles. The molecular weight excluding hydrogens is 291 g/mol. The van der Waals surface area contributed by atoms with Crippen LogP contribution in [0.2, 0.25) is 0 Å². The van der Waals surface area contributed by atoms with E-state index in [2.05, 4.69) is 15.6 Å². The molecule has 0 aromatic heterocycles. The van der Waals surface area contributed by atoms with Crippen molar-refractivity contribution in [3.05, 3.63) is 30.1 Å². The summed E-state index contributed by atoms with van der Waals surface area (Å²) in [6.45, 7) is 5.64. The van der Waals surface area contributed by atoms with Crippen LogP contribution in [0, 0.1) is 17.3 Å². The molecule has 1 rings (SSSR count). The Balaban J connectivity index is 2.62. The second kappa shape index (κ2) is 7.64. The summed E-state index contributed by atoms with van der Waals surface area (Å²) in [6.07, 6.45) is 1.65. The lowest BCUT2D eigenvalue weighted by atomic mass is 10.1. The van der Waals surface area contributed by atoms with Gasteiger partial charge in [-0.15, -0.1) is 4.99 Å². The summed E-state index contributed by atoms with van der Waals surface area (Å²) in [5.74, 6) is -0.453. The molecule has 0 radical (unpaired) electrons. The van der Waals surface area contributed by atoms with Crippen LogP contribution in [-0.2, 0) is 4.79 Å². The molecule has 1 aromatic carbocycles. The van der Waals surface area contributed by atoms with Gasteiger partial charge in [-0.05, 0) is 39.0 Å². The standard InChI is InChI=1S/C14H17FN4OS/c1-14(2,3)19-12(20)8-21-13(17-9-16)18-11-6-4-5-10(15)7-11/h4-7H,8H2,1-3H3,(H,17,18)(H,19,20). The molecule has 0 aliphatic rings. The summed E-state index contributed by atoms with van der Waals surface area (Å²) in [5, 5.41) is 14.5. The Morgan fingerprint density at radius 2 is 2.19 bits per heavy atom. The van der Waals surface area contributed by atoms with Crippen molar-refractivity contribution >= 4 is 28.5 Å². The molecule has 0 spiro atoms. The van der Waals surface area contributed by atoms with Gasteiger partial charge in [0.05, 0.1) is 5.75 Å². The lowest BCUT2D eigenvalue weighted by Gasteiger charge is -2.20. The average molecular weight is 308 g/mol. The second-order valence-corrected chi connectivity index (χ2v) is 6.20.